The maximum absolute atomic E-state index is 2.26. The minimum absolute atomic E-state index is 1.16. The van der Waals surface area contributed by atoms with Crippen LogP contribution in [-0.2, 0) is 0 Å². The number of hydrogen-bond acceptors (Lipinski definition) is 1. The second kappa shape index (κ2) is 20.0. The molecule has 1 nitrogen and oxygen atoms in total. The summed E-state index contributed by atoms with van der Waals surface area (Å²) in [6.45, 7) is 14.0. The monoisotopic (exact) mass is 503 g/mol. The summed E-state index contributed by atoms with van der Waals surface area (Å²) in [5.74, 6) is 0. The first kappa shape index (κ1) is 31.9. The molecule has 0 radical (unpaired) electrons. The van der Waals surface area contributed by atoms with Crippen LogP contribution in [0.3, 0.4) is 0 Å². The number of benzene rings is 5. The Morgan fingerprint density at radius 3 is 1.05 bits per heavy atom. The van der Waals surface area contributed by atoms with Crippen molar-refractivity contribution in [2.24, 2.45) is 0 Å². The van der Waals surface area contributed by atoms with Crippen molar-refractivity contribution in [3.8, 4) is 0 Å². The molecule has 5 aromatic rings. The SMILES string of the molecule is C/C=C/c1ccc(N(c2ccccc2)c2ccccc2)cc1.CC.CC.CC.c1ccc2ccccc2c1. The molecule has 5 rings (SSSR count). The van der Waals surface area contributed by atoms with Crippen LogP contribution >= 0.6 is 0 Å². The molecule has 0 unspecified atom stereocenters. The van der Waals surface area contributed by atoms with Crippen molar-refractivity contribution in [2.45, 2.75) is 48.5 Å². The molecule has 0 aliphatic heterocycles. The first-order chi connectivity index (χ1) is 18.8. The first-order valence-electron chi connectivity index (χ1n) is 13.9. The summed E-state index contributed by atoms with van der Waals surface area (Å²) in [7, 11) is 0. The molecule has 0 N–H and O–H groups in total. The minimum atomic E-state index is 1.16. The Morgan fingerprint density at radius 2 is 0.711 bits per heavy atom. The molecular weight excluding hydrogens is 458 g/mol. The second-order valence-corrected chi connectivity index (χ2v) is 7.45. The zero-order valence-electron chi connectivity index (χ0n) is 24.3. The van der Waals surface area contributed by atoms with Crippen molar-refractivity contribution in [1.29, 1.82) is 0 Å². The Labute approximate surface area is 232 Å². The van der Waals surface area contributed by atoms with Crippen molar-refractivity contribution in [1.82, 2.24) is 0 Å². The molecule has 0 aliphatic rings. The lowest BCUT2D eigenvalue weighted by atomic mass is 10.1. The Kier molecular flexibility index (Phi) is 16.8. The molecule has 0 aliphatic carbocycles. The number of hydrogen-bond donors (Lipinski definition) is 0. The fourth-order valence-corrected chi connectivity index (χ4v) is 3.66. The van der Waals surface area contributed by atoms with Crippen LogP contribution in [0, 0.1) is 0 Å². The average Bonchev–Trinajstić information content (AvgIpc) is 3.03. The molecule has 1 heteroatoms. The van der Waals surface area contributed by atoms with E-state index < -0.39 is 0 Å². The van der Waals surface area contributed by atoms with Gasteiger partial charge in [-0.25, -0.2) is 0 Å². The number of anilines is 3. The Morgan fingerprint density at radius 1 is 0.395 bits per heavy atom. The van der Waals surface area contributed by atoms with Gasteiger partial charge in [-0.15, -0.1) is 0 Å². The predicted octanol–water partition coefficient (Wildman–Crippen LogP) is 12.1. The fourth-order valence-electron chi connectivity index (χ4n) is 3.66. The maximum atomic E-state index is 2.26. The van der Waals surface area contributed by atoms with Gasteiger partial charge in [0, 0.05) is 17.1 Å². The quantitative estimate of drug-likeness (QED) is 0.236. The summed E-state index contributed by atoms with van der Waals surface area (Å²) in [5.41, 5.74) is 4.69. The van der Waals surface area contributed by atoms with Gasteiger partial charge in [0.1, 0.15) is 0 Å². The summed E-state index contributed by atoms with van der Waals surface area (Å²) in [6, 6.07) is 46.2. The second-order valence-electron chi connectivity index (χ2n) is 7.45. The molecule has 0 saturated carbocycles. The van der Waals surface area contributed by atoms with Gasteiger partial charge in [-0.05, 0) is 59.7 Å². The van der Waals surface area contributed by atoms with Crippen molar-refractivity contribution in [2.75, 3.05) is 4.90 Å². The normalized spacial score (nSPS) is 9.34. The van der Waals surface area contributed by atoms with E-state index in [4.69, 9.17) is 0 Å². The molecule has 0 aromatic heterocycles. The van der Waals surface area contributed by atoms with Crippen molar-refractivity contribution in [3.63, 3.8) is 0 Å². The molecule has 0 amide bonds. The lowest BCUT2D eigenvalue weighted by molar-refractivity contribution is 1.28. The topological polar surface area (TPSA) is 3.24 Å². The lowest BCUT2D eigenvalue weighted by Crippen LogP contribution is -2.09. The van der Waals surface area contributed by atoms with E-state index in [-0.39, 0.29) is 0 Å². The highest BCUT2D eigenvalue weighted by Gasteiger charge is 2.10. The molecular formula is C37H45N. The number of allylic oxidation sites excluding steroid dienone is 1. The molecule has 0 heterocycles. The highest BCUT2D eigenvalue weighted by atomic mass is 15.1. The van der Waals surface area contributed by atoms with Crippen LogP contribution in [0.5, 0.6) is 0 Å². The third kappa shape index (κ3) is 10.1. The molecule has 5 aromatic carbocycles. The largest absolute Gasteiger partial charge is 0.311 e. The summed E-state index contributed by atoms with van der Waals surface area (Å²) >= 11 is 0. The number of nitrogens with zero attached hydrogens (tertiary/aromatic N) is 1. The summed E-state index contributed by atoms with van der Waals surface area (Å²) in [4.78, 5) is 2.26. The molecule has 198 valence electrons. The zero-order chi connectivity index (χ0) is 28.0. The van der Waals surface area contributed by atoms with Crippen LogP contribution in [0.25, 0.3) is 16.8 Å². The molecule has 38 heavy (non-hydrogen) atoms. The third-order valence-electron chi connectivity index (χ3n) is 5.20. The molecule has 0 fully saturated rings. The van der Waals surface area contributed by atoms with Crippen molar-refractivity contribution in [3.05, 3.63) is 145 Å². The van der Waals surface area contributed by atoms with Crippen molar-refractivity contribution < 1.29 is 0 Å². The van der Waals surface area contributed by atoms with Crippen LogP contribution < -0.4 is 4.90 Å². The van der Waals surface area contributed by atoms with Crippen molar-refractivity contribution >= 4 is 33.9 Å². The van der Waals surface area contributed by atoms with E-state index in [1.807, 2.05) is 60.6 Å². The van der Waals surface area contributed by atoms with Gasteiger partial charge in [-0.2, -0.15) is 0 Å². The zero-order valence-corrected chi connectivity index (χ0v) is 24.3. The summed E-state index contributed by atoms with van der Waals surface area (Å²) in [6.07, 6.45) is 4.17. The van der Waals surface area contributed by atoms with Crippen LogP contribution in [0.1, 0.15) is 54.0 Å². The third-order valence-corrected chi connectivity index (χ3v) is 5.20. The highest BCUT2D eigenvalue weighted by Crippen LogP contribution is 2.34. The van der Waals surface area contributed by atoms with E-state index in [1.165, 1.54) is 16.3 Å². The van der Waals surface area contributed by atoms with Crippen LogP contribution in [0.15, 0.2) is 140 Å². The summed E-state index contributed by atoms with van der Waals surface area (Å²) < 4.78 is 0. The number of para-hydroxylation sites is 2. The average molecular weight is 504 g/mol. The van der Waals surface area contributed by atoms with Gasteiger partial charge in [0.05, 0.1) is 0 Å². The van der Waals surface area contributed by atoms with Gasteiger partial charge < -0.3 is 4.90 Å². The Hall–Kier alpha value is -4.10. The van der Waals surface area contributed by atoms with E-state index in [9.17, 15) is 0 Å². The maximum Gasteiger partial charge on any atom is 0.0462 e. The Balaban J connectivity index is 0.000000375. The predicted molar refractivity (Wildman–Crippen MR) is 174 cm³/mol. The lowest BCUT2D eigenvalue weighted by Gasteiger charge is -2.25. The fraction of sp³-hybridized carbons (Fsp3) is 0.189. The molecule has 0 atom stereocenters. The smallest absolute Gasteiger partial charge is 0.0462 e. The van der Waals surface area contributed by atoms with Crippen LogP contribution in [0.4, 0.5) is 17.1 Å². The first-order valence-corrected chi connectivity index (χ1v) is 13.9. The van der Waals surface area contributed by atoms with E-state index in [0.29, 0.717) is 0 Å². The molecule has 0 spiro atoms. The van der Waals surface area contributed by atoms with Crippen LogP contribution in [-0.4, -0.2) is 0 Å². The van der Waals surface area contributed by atoms with Gasteiger partial charge in [0.15, 0.2) is 0 Å². The van der Waals surface area contributed by atoms with E-state index in [2.05, 4.69) is 138 Å². The molecule has 0 bridgehead atoms. The van der Waals surface area contributed by atoms with E-state index >= 15 is 0 Å². The highest BCUT2D eigenvalue weighted by molar-refractivity contribution is 5.82. The molecule has 0 saturated heterocycles. The number of rotatable bonds is 4. The van der Waals surface area contributed by atoms with Gasteiger partial charge in [-0.1, -0.05) is 151 Å². The number of fused-ring (bicyclic) bond motifs is 1. The van der Waals surface area contributed by atoms with Gasteiger partial charge in [0.25, 0.3) is 0 Å². The standard InChI is InChI=1S/C21H19N.C10H8.3C2H6/c1-2-9-18-14-16-21(17-15-18)22(19-10-5-3-6-11-19)20-12-7-4-8-13-20;1-2-6-10-8-4-3-7-9(10)5-1;3*1-2/h2-17H,1H3;1-8H;3*1-2H3/b9-2+;;;;. The van der Waals surface area contributed by atoms with E-state index in [1.54, 1.807) is 0 Å². The summed E-state index contributed by atoms with van der Waals surface area (Å²) in [5, 5.41) is 2.62. The minimum Gasteiger partial charge on any atom is -0.311 e. The van der Waals surface area contributed by atoms with Gasteiger partial charge in [-0.3, -0.25) is 0 Å². The van der Waals surface area contributed by atoms with Crippen LogP contribution in [0.2, 0.25) is 0 Å². The Bertz CT molecular complexity index is 1150. The van der Waals surface area contributed by atoms with Gasteiger partial charge in [0.2, 0.25) is 0 Å². The van der Waals surface area contributed by atoms with Gasteiger partial charge >= 0.3 is 0 Å². The van der Waals surface area contributed by atoms with E-state index in [0.717, 1.165) is 17.1 Å².